The Morgan fingerprint density at radius 3 is 1.50 bits per heavy atom. The van der Waals surface area contributed by atoms with Gasteiger partial charge in [0.2, 0.25) is 0 Å². The Morgan fingerprint density at radius 2 is 1.17 bits per heavy atom. The molecule has 0 saturated heterocycles. The van der Waals surface area contributed by atoms with E-state index < -0.39 is 0 Å². The van der Waals surface area contributed by atoms with Crippen molar-refractivity contribution in [2.45, 2.75) is 99.8 Å². The Bertz CT molecular complexity index is 137. The van der Waals surface area contributed by atoms with Gasteiger partial charge in [-0.15, -0.1) is 0 Å². The van der Waals surface area contributed by atoms with E-state index in [1.165, 1.54) is 51.4 Å². The second-order valence-corrected chi connectivity index (χ2v) is 5.46. The van der Waals surface area contributed by atoms with Crippen LogP contribution in [0.1, 0.15) is 99.8 Å². The minimum atomic E-state index is 1.06. The van der Waals surface area contributed by atoms with E-state index in [0.29, 0.717) is 0 Å². The molecule has 0 spiro atoms. The van der Waals surface area contributed by atoms with Crippen LogP contribution in [0.4, 0.5) is 0 Å². The zero-order chi connectivity index (χ0) is 14.4. The van der Waals surface area contributed by atoms with E-state index in [0.717, 1.165) is 17.8 Å². The second kappa shape index (κ2) is 15.1. The van der Waals surface area contributed by atoms with Gasteiger partial charge in [0.05, 0.1) is 0 Å². The second-order valence-electron chi connectivity index (χ2n) is 5.46. The zero-order valence-corrected chi connectivity index (χ0v) is 14.4. The highest BCUT2D eigenvalue weighted by Crippen LogP contribution is 2.41. The summed E-state index contributed by atoms with van der Waals surface area (Å²) in [4.78, 5) is 0. The van der Waals surface area contributed by atoms with Crippen molar-refractivity contribution in [2.75, 3.05) is 0 Å². The van der Waals surface area contributed by atoms with Crippen molar-refractivity contribution in [1.29, 1.82) is 0 Å². The van der Waals surface area contributed by atoms with Crippen LogP contribution >= 0.6 is 0 Å². The van der Waals surface area contributed by atoms with Gasteiger partial charge >= 0.3 is 0 Å². The van der Waals surface area contributed by atoms with E-state index in [-0.39, 0.29) is 0 Å². The Labute approximate surface area is 118 Å². The summed E-state index contributed by atoms with van der Waals surface area (Å²) in [6.07, 6.45) is 11.4. The molecule has 0 heterocycles. The maximum Gasteiger partial charge on any atom is -0.0383 e. The first-order valence-electron chi connectivity index (χ1n) is 8.73. The summed E-state index contributed by atoms with van der Waals surface area (Å²) in [5.41, 5.74) is 0. The summed E-state index contributed by atoms with van der Waals surface area (Å²) < 4.78 is 0. The first-order valence-corrected chi connectivity index (χ1v) is 8.73. The number of rotatable bonds is 5. The maximum absolute atomic E-state index is 2.37. The number of unbranched alkanes of at least 4 members (excludes halogenated alkanes) is 1. The molecule has 3 atom stereocenters. The molecule has 1 fully saturated rings. The van der Waals surface area contributed by atoms with Crippen LogP contribution in [0.2, 0.25) is 0 Å². The van der Waals surface area contributed by atoms with Gasteiger partial charge in [-0.2, -0.15) is 0 Å². The standard InChI is InChI=1S/C12H24.C4H10.C2H6/c1-4-7-12-9-10(5-2)8-11(12)6-3;1-3-4-2;1-2/h10-12H,4-9H2,1-3H3;3-4H2,1-2H3;1-2H3. The molecule has 1 aliphatic rings. The molecular formula is C18H40. The van der Waals surface area contributed by atoms with E-state index in [2.05, 4.69) is 34.6 Å². The van der Waals surface area contributed by atoms with E-state index in [4.69, 9.17) is 0 Å². The molecule has 0 bridgehead atoms. The van der Waals surface area contributed by atoms with Crippen molar-refractivity contribution in [1.82, 2.24) is 0 Å². The topological polar surface area (TPSA) is 0 Å². The average Bonchev–Trinajstić information content (AvgIpc) is 2.84. The Kier molecular flexibility index (Phi) is 17.0. The molecule has 18 heavy (non-hydrogen) atoms. The van der Waals surface area contributed by atoms with Crippen molar-refractivity contribution in [3.8, 4) is 0 Å². The normalized spacial score (nSPS) is 25.8. The molecule has 0 radical (unpaired) electrons. The highest BCUT2D eigenvalue weighted by Gasteiger charge is 2.30. The minimum absolute atomic E-state index is 1.06. The molecule has 1 saturated carbocycles. The lowest BCUT2D eigenvalue weighted by Crippen LogP contribution is -2.05. The third-order valence-corrected chi connectivity index (χ3v) is 4.20. The van der Waals surface area contributed by atoms with E-state index in [1.54, 1.807) is 0 Å². The summed E-state index contributed by atoms with van der Waals surface area (Å²) in [6.45, 7) is 15.4. The van der Waals surface area contributed by atoms with Crippen molar-refractivity contribution < 1.29 is 0 Å². The summed E-state index contributed by atoms with van der Waals surface area (Å²) in [5.74, 6) is 3.20. The minimum Gasteiger partial charge on any atom is -0.0683 e. The third-order valence-electron chi connectivity index (χ3n) is 4.20. The van der Waals surface area contributed by atoms with Crippen molar-refractivity contribution in [3.63, 3.8) is 0 Å². The highest BCUT2D eigenvalue weighted by atomic mass is 14.4. The zero-order valence-electron chi connectivity index (χ0n) is 14.4. The van der Waals surface area contributed by atoms with Gasteiger partial charge in [-0.05, 0) is 30.6 Å². The van der Waals surface area contributed by atoms with Crippen LogP contribution in [-0.4, -0.2) is 0 Å². The van der Waals surface area contributed by atoms with Gasteiger partial charge in [-0.25, -0.2) is 0 Å². The molecule has 1 aliphatic carbocycles. The van der Waals surface area contributed by atoms with Crippen molar-refractivity contribution in [3.05, 3.63) is 0 Å². The van der Waals surface area contributed by atoms with Gasteiger partial charge in [-0.3, -0.25) is 0 Å². The molecule has 112 valence electrons. The van der Waals surface area contributed by atoms with E-state index in [1.807, 2.05) is 13.8 Å². The van der Waals surface area contributed by atoms with Gasteiger partial charge in [0.25, 0.3) is 0 Å². The van der Waals surface area contributed by atoms with E-state index >= 15 is 0 Å². The summed E-state index contributed by atoms with van der Waals surface area (Å²) in [5, 5.41) is 0. The Hall–Kier alpha value is 0. The highest BCUT2D eigenvalue weighted by molar-refractivity contribution is 4.81. The van der Waals surface area contributed by atoms with Crippen LogP contribution in [-0.2, 0) is 0 Å². The van der Waals surface area contributed by atoms with Crippen LogP contribution < -0.4 is 0 Å². The lowest BCUT2D eigenvalue weighted by molar-refractivity contribution is 0.352. The van der Waals surface area contributed by atoms with Crippen LogP contribution in [0.5, 0.6) is 0 Å². The average molecular weight is 257 g/mol. The molecular weight excluding hydrogens is 216 g/mol. The SMILES string of the molecule is CC.CCCC.CCCC1CC(CC)CC1CC. The molecule has 0 aromatic heterocycles. The predicted octanol–water partition coefficient (Wildman–Crippen LogP) is 7.08. The van der Waals surface area contributed by atoms with Crippen molar-refractivity contribution >= 4 is 0 Å². The quantitative estimate of drug-likeness (QED) is 0.493. The summed E-state index contributed by atoms with van der Waals surface area (Å²) >= 11 is 0. The van der Waals surface area contributed by atoms with Gasteiger partial charge in [0.1, 0.15) is 0 Å². The summed E-state index contributed by atoms with van der Waals surface area (Å²) in [7, 11) is 0. The van der Waals surface area contributed by atoms with Crippen LogP contribution in [0.15, 0.2) is 0 Å². The van der Waals surface area contributed by atoms with Gasteiger partial charge < -0.3 is 0 Å². The van der Waals surface area contributed by atoms with Gasteiger partial charge in [0, 0.05) is 0 Å². The van der Waals surface area contributed by atoms with Crippen LogP contribution in [0.25, 0.3) is 0 Å². The monoisotopic (exact) mass is 256 g/mol. The van der Waals surface area contributed by atoms with Gasteiger partial charge in [-0.1, -0.05) is 87.0 Å². The number of hydrogen-bond donors (Lipinski definition) is 0. The lowest BCUT2D eigenvalue weighted by Gasteiger charge is -2.16. The van der Waals surface area contributed by atoms with Crippen LogP contribution in [0, 0.1) is 17.8 Å². The lowest BCUT2D eigenvalue weighted by atomic mass is 9.90. The molecule has 0 heteroatoms. The molecule has 0 aliphatic heterocycles. The molecule has 1 rings (SSSR count). The van der Waals surface area contributed by atoms with Crippen LogP contribution in [0.3, 0.4) is 0 Å². The Morgan fingerprint density at radius 1 is 0.667 bits per heavy atom. The number of hydrogen-bond acceptors (Lipinski definition) is 0. The smallest absolute Gasteiger partial charge is 0.0383 e. The molecule has 0 aromatic rings. The molecule has 0 amide bonds. The largest absolute Gasteiger partial charge is 0.0683 e. The fourth-order valence-electron chi connectivity index (χ4n) is 2.90. The van der Waals surface area contributed by atoms with Crippen molar-refractivity contribution in [2.24, 2.45) is 17.8 Å². The molecule has 0 aromatic carbocycles. The predicted molar refractivity (Wildman–Crippen MR) is 87.1 cm³/mol. The maximum atomic E-state index is 2.37. The summed E-state index contributed by atoms with van der Waals surface area (Å²) in [6, 6.07) is 0. The van der Waals surface area contributed by atoms with Gasteiger partial charge in [0.15, 0.2) is 0 Å². The van der Waals surface area contributed by atoms with E-state index in [9.17, 15) is 0 Å². The molecule has 3 unspecified atom stereocenters. The first kappa shape index (κ1) is 20.3. The molecule has 0 nitrogen and oxygen atoms in total. The Balaban J connectivity index is 0. The third kappa shape index (κ3) is 9.00. The fourth-order valence-corrected chi connectivity index (χ4v) is 2.90. The fraction of sp³-hybridized carbons (Fsp3) is 1.00. The molecule has 0 N–H and O–H groups in total. The first-order chi connectivity index (χ1) is 8.73.